The second kappa shape index (κ2) is 12.1. The number of rotatable bonds is 11. The van der Waals surface area contributed by atoms with E-state index in [4.69, 9.17) is 18.5 Å². The summed E-state index contributed by atoms with van der Waals surface area (Å²) in [5.74, 6) is -0.405. The van der Waals surface area contributed by atoms with E-state index in [-0.39, 0.29) is 18.3 Å². The van der Waals surface area contributed by atoms with Crippen molar-refractivity contribution in [2.75, 3.05) is 13.2 Å². The molecular formula is C24H31N4O9P. The van der Waals surface area contributed by atoms with Crippen LogP contribution in [0.2, 0.25) is 0 Å². The minimum atomic E-state index is -4.28. The Morgan fingerprint density at radius 1 is 1.29 bits per heavy atom. The van der Waals surface area contributed by atoms with Crippen molar-refractivity contribution in [2.45, 2.75) is 52.2 Å². The van der Waals surface area contributed by atoms with Gasteiger partial charge in [-0.25, -0.2) is 9.36 Å². The number of ether oxygens (including phenoxy) is 2. The van der Waals surface area contributed by atoms with Crippen molar-refractivity contribution in [1.82, 2.24) is 14.6 Å². The number of aliphatic hydroxyl groups excluding tert-OH is 1. The van der Waals surface area contributed by atoms with Crippen molar-refractivity contribution >= 4 is 13.7 Å². The average molecular weight is 551 g/mol. The van der Waals surface area contributed by atoms with Crippen molar-refractivity contribution in [2.24, 2.45) is 11.3 Å². The summed E-state index contributed by atoms with van der Waals surface area (Å²) in [5.41, 5.74) is -3.12. The molecule has 1 aliphatic heterocycles. The van der Waals surface area contributed by atoms with Crippen LogP contribution in [0.15, 0.2) is 52.2 Å². The molecule has 206 valence electrons. The van der Waals surface area contributed by atoms with Crippen molar-refractivity contribution in [1.29, 1.82) is 5.26 Å². The molecular weight excluding hydrogens is 519 g/mol. The Labute approximate surface area is 218 Å². The van der Waals surface area contributed by atoms with Gasteiger partial charge in [0.25, 0.3) is 5.56 Å². The molecule has 1 aliphatic rings. The third-order valence-corrected chi connectivity index (χ3v) is 7.41. The van der Waals surface area contributed by atoms with Gasteiger partial charge in [0.2, 0.25) is 0 Å². The van der Waals surface area contributed by atoms with Gasteiger partial charge in [-0.05, 0) is 31.9 Å². The second-order valence-electron chi connectivity index (χ2n) is 9.46. The maximum atomic E-state index is 13.7. The zero-order valence-electron chi connectivity index (χ0n) is 21.4. The maximum Gasteiger partial charge on any atom is 0.459 e. The molecule has 1 aromatic heterocycles. The lowest BCUT2D eigenvalue weighted by molar-refractivity contribution is -0.146. The number of aliphatic hydroxyl groups is 1. The summed E-state index contributed by atoms with van der Waals surface area (Å²) < 4.78 is 36.8. The molecule has 2 aromatic rings. The summed E-state index contributed by atoms with van der Waals surface area (Å²) in [4.78, 5) is 38.3. The fourth-order valence-corrected chi connectivity index (χ4v) is 5.18. The Morgan fingerprint density at radius 3 is 2.58 bits per heavy atom. The normalized spacial score (nSPS) is 25.3. The summed E-state index contributed by atoms with van der Waals surface area (Å²) in [6, 6.07) is 10.0. The fourth-order valence-electron chi connectivity index (χ4n) is 3.68. The third kappa shape index (κ3) is 6.78. The number of hydrogen-bond donors (Lipinski definition) is 3. The van der Waals surface area contributed by atoms with Crippen molar-refractivity contribution < 1.29 is 33.0 Å². The van der Waals surface area contributed by atoms with E-state index in [0.29, 0.717) is 0 Å². The van der Waals surface area contributed by atoms with Crippen molar-refractivity contribution in [3.05, 3.63) is 63.4 Å². The summed E-state index contributed by atoms with van der Waals surface area (Å²) in [7, 11) is -4.28. The van der Waals surface area contributed by atoms with E-state index in [0.717, 1.165) is 16.8 Å². The molecule has 14 heteroatoms. The van der Waals surface area contributed by atoms with Gasteiger partial charge in [-0.2, -0.15) is 10.3 Å². The number of esters is 1. The number of para-hydroxylation sites is 1. The molecule has 0 bridgehead atoms. The maximum absolute atomic E-state index is 13.7. The molecule has 13 nitrogen and oxygen atoms in total. The number of carbonyl (C=O) groups is 1. The number of benzene rings is 1. The number of nitrogens with zero attached hydrogens (tertiary/aromatic N) is 2. The number of H-pyrrole nitrogens is 1. The van der Waals surface area contributed by atoms with Crippen LogP contribution in [0.4, 0.5) is 0 Å². The molecule has 0 radical (unpaired) electrons. The Bertz CT molecular complexity index is 1320. The van der Waals surface area contributed by atoms with Gasteiger partial charge in [0, 0.05) is 12.3 Å². The molecule has 0 unspecified atom stereocenters. The third-order valence-electron chi connectivity index (χ3n) is 5.77. The molecule has 3 N–H and O–H groups in total. The Hall–Kier alpha value is -3.27. The summed E-state index contributed by atoms with van der Waals surface area (Å²) in [6.07, 6.45) is -2.88. The van der Waals surface area contributed by atoms with Crippen LogP contribution < -0.4 is 20.9 Å². The standard InChI is InChI=1S/C24H31N4O9P/c1-15(2)12-34-21(31)16(3)27-38(33,37-17-8-6-5-7-9-17)35-13-18-20(30)24(4,14-25)22(36-18)28-11-10-19(29)26-23(28)32/h5-11,15-16,18,20,22,30H,12-13H2,1-4H3,(H,27,33)(H,26,29,32)/t16-,18+,20+,22+,24+,38+/m0/s1. The van der Waals surface area contributed by atoms with Crippen LogP contribution in [-0.4, -0.2) is 52.1 Å². The van der Waals surface area contributed by atoms with Crippen LogP contribution in [0.1, 0.15) is 33.9 Å². The van der Waals surface area contributed by atoms with Crippen LogP contribution in [-0.2, 0) is 23.4 Å². The number of nitrogens with one attached hydrogen (secondary N) is 2. The Balaban J connectivity index is 1.82. The minimum Gasteiger partial charge on any atom is -0.464 e. The number of aromatic nitrogens is 2. The van der Waals surface area contributed by atoms with Gasteiger partial charge >= 0.3 is 19.4 Å². The van der Waals surface area contributed by atoms with Gasteiger partial charge in [-0.3, -0.25) is 23.7 Å². The monoisotopic (exact) mass is 550 g/mol. The molecule has 3 rings (SSSR count). The van der Waals surface area contributed by atoms with Gasteiger partial charge in [-0.15, -0.1) is 0 Å². The second-order valence-corrected chi connectivity index (χ2v) is 11.1. The number of nitriles is 1. The zero-order chi connectivity index (χ0) is 28.1. The first-order chi connectivity index (χ1) is 17.9. The smallest absolute Gasteiger partial charge is 0.459 e. The van der Waals surface area contributed by atoms with Crippen molar-refractivity contribution in [3.8, 4) is 11.8 Å². The molecule has 0 saturated carbocycles. The van der Waals surface area contributed by atoms with Crippen LogP contribution in [0, 0.1) is 22.7 Å². The highest BCUT2D eigenvalue weighted by Crippen LogP contribution is 2.48. The van der Waals surface area contributed by atoms with Gasteiger partial charge in [0.05, 0.1) is 19.3 Å². The summed E-state index contributed by atoms with van der Waals surface area (Å²) in [6.45, 7) is 6.17. The van der Waals surface area contributed by atoms with Gasteiger partial charge in [0.1, 0.15) is 29.4 Å². The fraction of sp³-hybridized carbons (Fsp3) is 0.500. The summed E-state index contributed by atoms with van der Waals surface area (Å²) in [5, 5.41) is 23.3. The first-order valence-electron chi connectivity index (χ1n) is 11.9. The molecule has 6 atom stereocenters. The lowest BCUT2D eigenvalue weighted by Gasteiger charge is -2.26. The average Bonchev–Trinajstić information content (AvgIpc) is 3.12. The molecule has 38 heavy (non-hydrogen) atoms. The quantitative estimate of drug-likeness (QED) is 0.274. The SMILES string of the molecule is CC(C)COC(=O)[C@H](C)N[P@@](=O)(OC[C@H]1O[C@@H](n2ccc(=O)[nH]c2=O)[C@](C)(C#N)[C@@H]1O)Oc1ccccc1. The van der Waals surface area contributed by atoms with E-state index in [1.807, 2.05) is 19.9 Å². The minimum absolute atomic E-state index is 0.0908. The van der Waals surface area contributed by atoms with Crippen LogP contribution in [0.25, 0.3) is 0 Å². The first kappa shape index (κ1) is 29.3. The lowest BCUT2D eigenvalue weighted by atomic mass is 9.84. The highest BCUT2D eigenvalue weighted by Gasteiger charge is 2.55. The Morgan fingerprint density at radius 2 is 1.97 bits per heavy atom. The highest BCUT2D eigenvalue weighted by atomic mass is 31.2. The highest BCUT2D eigenvalue weighted by molar-refractivity contribution is 7.52. The molecule has 0 aliphatic carbocycles. The molecule has 2 heterocycles. The van der Waals surface area contributed by atoms with E-state index in [2.05, 4.69) is 10.1 Å². The van der Waals surface area contributed by atoms with Gasteiger partial charge < -0.3 is 19.1 Å². The largest absolute Gasteiger partial charge is 0.464 e. The number of hydrogen-bond acceptors (Lipinski definition) is 10. The molecule has 0 spiro atoms. The van der Waals surface area contributed by atoms with E-state index in [1.165, 1.54) is 26.0 Å². The lowest BCUT2D eigenvalue weighted by Crippen LogP contribution is -2.41. The molecule has 1 saturated heterocycles. The van der Waals surface area contributed by atoms with Crippen LogP contribution in [0.5, 0.6) is 5.75 Å². The van der Waals surface area contributed by atoms with E-state index in [9.17, 15) is 29.3 Å². The first-order valence-corrected chi connectivity index (χ1v) is 13.4. The van der Waals surface area contributed by atoms with Crippen LogP contribution >= 0.6 is 7.75 Å². The molecule has 0 amide bonds. The number of carbonyl (C=O) groups excluding carboxylic acids is 1. The van der Waals surface area contributed by atoms with E-state index < -0.39 is 61.5 Å². The zero-order valence-corrected chi connectivity index (χ0v) is 22.3. The van der Waals surface area contributed by atoms with Crippen molar-refractivity contribution in [3.63, 3.8) is 0 Å². The van der Waals surface area contributed by atoms with E-state index >= 15 is 0 Å². The topological polar surface area (TPSA) is 182 Å². The predicted molar refractivity (Wildman–Crippen MR) is 134 cm³/mol. The van der Waals surface area contributed by atoms with E-state index in [1.54, 1.807) is 18.2 Å². The van der Waals surface area contributed by atoms with Gasteiger partial charge in [0.15, 0.2) is 6.23 Å². The van der Waals surface area contributed by atoms with Gasteiger partial charge in [-0.1, -0.05) is 32.0 Å². The Kier molecular flexibility index (Phi) is 9.30. The molecule has 1 fully saturated rings. The summed E-state index contributed by atoms with van der Waals surface area (Å²) >= 11 is 0. The molecule has 1 aromatic carbocycles. The predicted octanol–water partition coefficient (Wildman–Crippen LogP) is 1.71. The van der Waals surface area contributed by atoms with Crippen LogP contribution in [0.3, 0.4) is 0 Å². The number of aromatic amines is 1.